The highest BCUT2D eigenvalue weighted by Crippen LogP contribution is 2.12. The average Bonchev–Trinajstić information content (AvgIpc) is 2.47. The molecule has 3 amide bonds. The summed E-state index contributed by atoms with van der Waals surface area (Å²) in [6.07, 6.45) is 1.47. The number of nitrogens with one attached hydrogen (secondary N) is 1. The fraction of sp³-hybridized carbons (Fsp3) is 0.812. The van der Waals surface area contributed by atoms with Crippen molar-refractivity contribution in [2.75, 3.05) is 26.2 Å². The highest BCUT2D eigenvalue weighted by atomic mass is 16.6. The van der Waals surface area contributed by atoms with Gasteiger partial charge < -0.3 is 19.9 Å². The summed E-state index contributed by atoms with van der Waals surface area (Å²) in [5.74, 6) is -0.0676. The van der Waals surface area contributed by atoms with Crippen LogP contribution in [0.3, 0.4) is 0 Å². The molecule has 1 aliphatic rings. The molecule has 0 aromatic rings. The third-order valence-corrected chi connectivity index (χ3v) is 3.99. The molecule has 7 nitrogen and oxygen atoms in total. The third kappa shape index (κ3) is 6.46. The number of carbonyl (C=O) groups is 3. The first-order chi connectivity index (χ1) is 10.8. The first-order valence-corrected chi connectivity index (χ1v) is 8.33. The van der Waals surface area contributed by atoms with Crippen molar-refractivity contribution in [3.05, 3.63) is 0 Å². The van der Waals surface area contributed by atoms with E-state index in [2.05, 4.69) is 5.32 Å². The van der Waals surface area contributed by atoms with E-state index in [1.54, 1.807) is 16.7 Å². The predicted octanol–water partition coefficient (Wildman–Crippen LogP) is 1.37. The molecule has 1 fully saturated rings. The van der Waals surface area contributed by atoms with Gasteiger partial charge in [0.15, 0.2) is 0 Å². The van der Waals surface area contributed by atoms with Gasteiger partial charge in [-0.25, -0.2) is 4.79 Å². The molecule has 7 heteroatoms. The van der Waals surface area contributed by atoms with Crippen molar-refractivity contribution in [3.8, 4) is 0 Å². The van der Waals surface area contributed by atoms with Gasteiger partial charge in [-0.2, -0.15) is 0 Å². The van der Waals surface area contributed by atoms with E-state index in [4.69, 9.17) is 4.74 Å². The van der Waals surface area contributed by atoms with Crippen LogP contribution in [-0.4, -0.2) is 66.0 Å². The molecule has 0 radical (unpaired) electrons. The van der Waals surface area contributed by atoms with E-state index in [1.165, 1.54) is 6.92 Å². The monoisotopic (exact) mass is 327 g/mol. The lowest BCUT2D eigenvalue weighted by Crippen LogP contribution is -2.47. The maximum absolute atomic E-state index is 12.0. The van der Waals surface area contributed by atoms with Crippen LogP contribution >= 0.6 is 0 Å². The Morgan fingerprint density at radius 1 is 1.26 bits per heavy atom. The van der Waals surface area contributed by atoms with Gasteiger partial charge in [0, 0.05) is 45.1 Å². The van der Waals surface area contributed by atoms with E-state index in [1.807, 2.05) is 13.8 Å². The first-order valence-electron chi connectivity index (χ1n) is 8.33. The Bertz CT molecular complexity index is 418. The standard InChI is InChI=1S/C16H29N3O4/c1-5-23-16(22)18-9-6-14(7-10-18)17-15(21)8-11-19(12(2)3)13(4)20/h12,14H,5-11H2,1-4H3,(H,17,21). The Hall–Kier alpha value is -1.79. The lowest BCUT2D eigenvalue weighted by molar-refractivity contribution is -0.131. The molecule has 0 aliphatic carbocycles. The average molecular weight is 327 g/mol. The van der Waals surface area contributed by atoms with E-state index >= 15 is 0 Å². The van der Waals surface area contributed by atoms with Gasteiger partial charge in [-0.3, -0.25) is 9.59 Å². The van der Waals surface area contributed by atoms with Crippen LogP contribution in [0, 0.1) is 0 Å². The summed E-state index contributed by atoms with van der Waals surface area (Å²) in [6, 6.07) is 0.172. The van der Waals surface area contributed by atoms with Crippen LogP contribution in [-0.2, 0) is 14.3 Å². The molecular formula is C16H29N3O4. The highest BCUT2D eigenvalue weighted by molar-refractivity contribution is 5.78. The van der Waals surface area contributed by atoms with E-state index in [0.29, 0.717) is 32.7 Å². The van der Waals surface area contributed by atoms with Crippen LogP contribution < -0.4 is 5.32 Å². The molecule has 0 atom stereocenters. The lowest BCUT2D eigenvalue weighted by atomic mass is 10.1. The molecular weight excluding hydrogens is 298 g/mol. The minimum absolute atomic E-state index is 0.0180. The van der Waals surface area contributed by atoms with Crippen molar-refractivity contribution in [1.29, 1.82) is 0 Å². The Morgan fingerprint density at radius 2 is 1.87 bits per heavy atom. The Kier molecular flexibility index (Phi) is 7.85. The summed E-state index contributed by atoms with van der Waals surface area (Å²) in [6.45, 7) is 9.16. The fourth-order valence-corrected chi connectivity index (χ4v) is 2.72. The zero-order chi connectivity index (χ0) is 17.4. The SMILES string of the molecule is CCOC(=O)N1CCC(NC(=O)CCN(C(C)=O)C(C)C)CC1. The third-order valence-electron chi connectivity index (χ3n) is 3.99. The molecule has 1 N–H and O–H groups in total. The second kappa shape index (κ2) is 9.37. The minimum Gasteiger partial charge on any atom is -0.450 e. The number of carbonyl (C=O) groups excluding carboxylic acids is 3. The molecule has 1 aliphatic heterocycles. The van der Waals surface area contributed by atoms with Gasteiger partial charge in [0.25, 0.3) is 0 Å². The van der Waals surface area contributed by atoms with Crippen LogP contribution in [0.15, 0.2) is 0 Å². The molecule has 1 heterocycles. The number of hydrogen-bond acceptors (Lipinski definition) is 4. The molecule has 0 spiro atoms. The minimum atomic E-state index is -0.286. The molecule has 1 rings (SSSR count). The smallest absolute Gasteiger partial charge is 0.409 e. The van der Waals surface area contributed by atoms with E-state index < -0.39 is 0 Å². The van der Waals surface area contributed by atoms with Crippen LogP contribution in [0.4, 0.5) is 4.79 Å². The molecule has 23 heavy (non-hydrogen) atoms. The summed E-state index contributed by atoms with van der Waals surface area (Å²) >= 11 is 0. The van der Waals surface area contributed by atoms with E-state index in [9.17, 15) is 14.4 Å². The Labute approximate surface area is 138 Å². The van der Waals surface area contributed by atoms with Gasteiger partial charge in [-0.05, 0) is 33.6 Å². The number of amides is 3. The van der Waals surface area contributed by atoms with Crippen molar-refractivity contribution >= 4 is 17.9 Å². The zero-order valence-corrected chi connectivity index (χ0v) is 14.6. The van der Waals surface area contributed by atoms with Gasteiger partial charge in [0.2, 0.25) is 11.8 Å². The summed E-state index contributed by atoms with van der Waals surface area (Å²) in [5, 5.41) is 2.99. The topological polar surface area (TPSA) is 79.0 Å². The van der Waals surface area contributed by atoms with Crippen LogP contribution in [0.5, 0.6) is 0 Å². The van der Waals surface area contributed by atoms with Crippen molar-refractivity contribution in [3.63, 3.8) is 0 Å². The zero-order valence-electron chi connectivity index (χ0n) is 14.6. The number of nitrogens with zero attached hydrogens (tertiary/aromatic N) is 2. The van der Waals surface area contributed by atoms with Gasteiger partial charge >= 0.3 is 6.09 Å². The number of likely N-dealkylation sites (tertiary alicyclic amines) is 1. The van der Waals surface area contributed by atoms with Gasteiger partial charge in [-0.15, -0.1) is 0 Å². The van der Waals surface area contributed by atoms with Gasteiger partial charge in [0.1, 0.15) is 0 Å². The highest BCUT2D eigenvalue weighted by Gasteiger charge is 2.24. The fourth-order valence-electron chi connectivity index (χ4n) is 2.72. The van der Waals surface area contributed by atoms with Crippen molar-refractivity contribution in [2.45, 2.75) is 59.0 Å². The summed E-state index contributed by atoms with van der Waals surface area (Å²) in [5.41, 5.74) is 0. The molecule has 0 aromatic heterocycles. The maximum Gasteiger partial charge on any atom is 0.409 e. The molecule has 1 saturated heterocycles. The second-order valence-electron chi connectivity index (χ2n) is 6.08. The van der Waals surface area contributed by atoms with Crippen LogP contribution in [0.25, 0.3) is 0 Å². The molecule has 0 unspecified atom stereocenters. The predicted molar refractivity (Wildman–Crippen MR) is 86.9 cm³/mol. The Morgan fingerprint density at radius 3 is 2.35 bits per heavy atom. The Balaban J connectivity index is 2.31. The molecule has 0 aromatic carbocycles. The second-order valence-corrected chi connectivity index (χ2v) is 6.08. The molecule has 0 bridgehead atoms. The van der Waals surface area contributed by atoms with E-state index in [-0.39, 0.29) is 30.0 Å². The van der Waals surface area contributed by atoms with E-state index in [0.717, 1.165) is 12.8 Å². The summed E-state index contributed by atoms with van der Waals surface area (Å²) in [4.78, 5) is 38.5. The van der Waals surface area contributed by atoms with Crippen LogP contribution in [0.1, 0.15) is 47.0 Å². The normalized spacial score (nSPS) is 15.4. The molecule has 0 saturated carbocycles. The van der Waals surface area contributed by atoms with Gasteiger partial charge in [0.05, 0.1) is 6.61 Å². The first kappa shape index (κ1) is 19.3. The quantitative estimate of drug-likeness (QED) is 0.799. The molecule has 132 valence electrons. The largest absolute Gasteiger partial charge is 0.450 e. The number of ether oxygens (including phenoxy) is 1. The summed E-state index contributed by atoms with van der Waals surface area (Å²) in [7, 11) is 0. The number of piperidine rings is 1. The van der Waals surface area contributed by atoms with Crippen molar-refractivity contribution < 1.29 is 19.1 Å². The lowest BCUT2D eigenvalue weighted by Gasteiger charge is -2.32. The van der Waals surface area contributed by atoms with Crippen LogP contribution in [0.2, 0.25) is 0 Å². The maximum atomic E-state index is 12.0. The van der Waals surface area contributed by atoms with Crippen molar-refractivity contribution in [2.24, 2.45) is 0 Å². The van der Waals surface area contributed by atoms with Gasteiger partial charge in [-0.1, -0.05) is 0 Å². The van der Waals surface area contributed by atoms with Crippen molar-refractivity contribution in [1.82, 2.24) is 15.1 Å². The summed E-state index contributed by atoms with van der Waals surface area (Å²) < 4.78 is 4.97. The number of hydrogen-bond donors (Lipinski definition) is 1. The number of rotatable bonds is 6.